The van der Waals surface area contributed by atoms with Crippen LogP contribution in [0.3, 0.4) is 0 Å². The van der Waals surface area contributed by atoms with Crippen LogP contribution < -0.4 is 5.32 Å². The Balaban J connectivity index is 1.72. The third-order valence-electron chi connectivity index (χ3n) is 4.31. The summed E-state index contributed by atoms with van der Waals surface area (Å²) in [4.78, 5) is 15.6. The number of carboxylic acid groups (broad SMARTS) is 1. The van der Waals surface area contributed by atoms with Gasteiger partial charge < -0.3 is 10.4 Å². The van der Waals surface area contributed by atoms with Crippen molar-refractivity contribution >= 4 is 33.1 Å². The lowest BCUT2D eigenvalue weighted by Crippen LogP contribution is -1.99. The molecule has 0 amide bonds. The molecule has 0 fully saturated rings. The van der Waals surface area contributed by atoms with E-state index in [1.54, 1.807) is 40.9 Å². The summed E-state index contributed by atoms with van der Waals surface area (Å²) < 4.78 is 25.4. The minimum absolute atomic E-state index is 0.187. The molecule has 0 radical (unpaired) electrons. The number of sulfone groups is 1. The zero-order valence-corrected chi connectivity index (χ0v) is 16.1. The number of aromatic nitrogens is 3. The maximum atomic E-state index is 11.9. The molecule has 0 saturated heterocycles. The highest BCUT2D eigenvalue weighted by molar-refractivity contribution is 7.90. The Labute approximate surface area is 166 Å². The van der Waals surface area contributed by atoms with Crippen molar-refractivity contribution in [2.24, 2.45) is 0 Å². The van der Waals surface area contributed by atoms with E-state index in [0.29, 0.717) is 28.5 Å². The van der Waals surface area contributed by atoms with Crippen molar-refractivity contribution < 1.29 is 18.3 Å². The molecular formula is C20H16N4O4S. The normalized spacial score (nSPS) is 11.5. The van der Waals surface area contributed by atoms with Crippen molar-refractivity contribution in [3.8, 4) is 11.3 Å². The lowest BCUT2D eigenvalue weighted by atomic mass is 10.1. The van der Waals surface area contributed by atoms with Gasteiger partial charge in [0.05, 0.1) is 16.2 Å². The largest absolute Gasteiger partial charge is 0.478 e. The van der Waals surface area contributed by atoms with E-state index in [-0.39, 0.29) is 10.5 Å². The van der Waals surface area contributed by atoms with Gasteiger partial charge in [0, 0.05) is 17.5 Å². The molecule has 0 atom stereocenters. The zero-order valence-electron chi connectivity index (χ0n) is 15.3. The van der Waals surface area contributed by atoms with E-state index in [1.165, 1.54) is 18.4 Å². The van der Waals surface area contributed by atoms with Gasteiger partial charge in [0.1, 0.15) is 0 Å². The summed E-state index contributed by atoms with van der Waals surface area (Å²) in [6, 6.07) is 18.3. The molecule has 0 aliphatic rings. The highest BCUT2D eigenvalue weighted by Crippen LogP contribution is 2.24. The molecule has 0 aliphatic carbocycles. The Morgan fingerprint density at radius 2 is 1.76 bits per heavy atom. The van der Waals surface area contributed by atoms with E-state index in [9.17, 15) is 13.2 Å². The Morgan fingerprint density at radius 3 is 2.45 bits per heavy atom. The number of fused-ring (bicyclic) bond motifs is 1. The van der Waals surface area contributed by atoms with E-state index in [4.69, 9.17) is 5.11 Å². The quantitative estimate of drug-likeness (QED) is 0.521. The molecule has 8 nitrogen and oxygen atoms in total. The first kappa shape index (κ1) is 18.6. The van der Waals surface area contributed by atoms with Crippen LogP contribution in [0, 0.1) is 0 Å². The molecule has 4 aromatic rings. The van der Waals surface area contributed by atoms with Crippen LogP contribution in [-0.4, -0.2) is 40.3 Å². The van der Waals surface area contributed by atoms with Gasteiger partial charge >= 0.3 is 5.97 Å². The molecule has 2 N–H and O–H groups in total. The number of aromatic carboxylic acids is 1. The van der Waals surface area contributed by atoms with Gasteiger partial charge in [-0.1, -0.05) is 18.2 Å². The molecule has 0 bridgehead atoms. The second-order valence-electron chi connectivity index (χ2n) is 6.42. The maximum absolute atomic E-state index is 11.9. The molecule has 0 aliphatic heterocycles. The van der Waals surface area contributed by atoms with Crippen LogP contribution in [0.15, 0.2) is 71.6 Å². The van der Waals surface area contributed by atoms with Crippen LogP contribution in [0.2, 0.25) is 0 Å². The molecule has 2 aromatic carbocycles. The molecule has 0 saturated carbocycles. The Bertz CT molecular complexity index is 1330. The molecule has 4 rings (SSSR count). The summed E-state index contributed by atoms with van der Waals surface area (Å²) in [5, 5.41) is 16.5. The fraction of sp³-hybridized carbons (Fsp3) is 0.0500. The van der Waals surface area contributed by atoms with Gasteiger partial charge in [0.2, 0.25) is 5.95 Å². The van der Waals surface area contributed by atoms with Crippen LogP contribution in [0.4, 0.5) is 11.6 Å². The predicted molar refractivity (Wildman–Crippen MR) is 108 cm³/mol. The van der Waals surface area contributed by atoms with E-state index in [1.807, 2.05) is 18.2 Å². The Hall–Kier alpha value is -3.72. The number of carboxylic acids is 1. The zero-order chi connectivity index (χ0) is 20.6. The maximum Gasteiger partial charge on any atom is 0.335 e. The molecule has 0 unspecified atom stereocenters. The molecular weight excluding hydrogens is 392 g/mol. The first-order valence-corrected chi connectivity index (χ1v) is 10.5. The van der Waals surface area contributed by atoms with Crippen LogP contribution >= 0.6 is 0 Å². The minimum Gasteiger partial charge on any atom is -0.478 e. The summed E-state index contributed by atoms with van der Waals surface area (Å²) in [6.45, 7) is 0. The second-order valence-corrected chi connectivity index (χ2v) is 8.44. The first-order chi connectivity index (χ1) is 13.8. The molecule has 0 spiro atoms. The van der Waals surface area contributed by atoms with Crippen molar-refractivity contribution in [3.05, 3.63) is 72.3 Å². The number of pyridine rings is 1. The van der Waals surface area contributed by atoms with Gasteiger partial charge in [-0.2, -0.15) is 4.98 Å². The van der Waals surface area contributed by atoms with Crippen molar-refractivity contribution in [1.82, 2.24) is 14.6 Å². The Kier molecular flexibility index (Phi) is 4.51. The fourth-order valence-electron chi connectivity index (χ4n) is 2.89. The van der Waals surface area contributed by atoms with Crippen molar-refractivity contribution in [3.63, 3.8) is 0 Å². The van der Waals surface area contributed by atoms with Gasteiger partial charge in [0.25, 0.3) is 0 Å². The predicted octanol–water partition coefficient (Wildman–Crippen LogP) is 3.24. The average molecular weight is 408 g/mol. The van der Waals surface area contributed by atoms with Crippen molar-refractivity contribution in [2.75, 3.05) is 11.6 Å². The number of nitrogens with one attached hydrogen (secondary N) is 1. The van der Waals surface area contributed by atoms with Gasteiger partial charge in [-0.3, -0.25) is 0 Å². The lowest BCUT2D eigenvalue weighted by molar-refractivity contribution is 0.0697. The number of anilines is 2. The summed E-state index contributed by atoms with van der Waals surface area (Å²) in [5.41, 5.74) is 2.80. The summed E-state index contributed by atoms with van der Waals surface area (Å²) in [7, 11) is -3.33. The van der Waals surface area contributed by atoms with Gasteiger partial charge in [-0.25, -0.2) is 17.7 Å². The standard InChI is InChI=1S/C20H16N4O4S/c1-29(27,28)16-5-2-4-14(12-16)17-6-3-7-18-22-20(23-24(17)18)21-15-10-8-13(9-11-15)19(25)26/h2-12H,1H3,(H,21,23)(H,25,26). The summed E-state index contributed by atoms with van der Waals surface area (Å²) >= 11 is 0. The third-order valence-corrected chi connectivity index (χ3v) is 5.42. The van der Waals surface area contributed by atoms with Crippen molar-refractivity contribution in [1.29, 1.82) is 0 Å². The number of carbonyl (C=O) groups is 1. The topological polar surface area (TPSA) is 114 Å². The second kappa shape index (κ2) is 7.02. The van der Waals surface area contributed by atoms with E-state index < -0.39 is 15.8 Å². The SMILES string of the molecule is CS(=O)(=O)c1cccc(-c2cccc3nc(Nc4ccc(C(=O)O)cc4)nn23)c1. The smallest absolute Gasteiger partial charge is 0.335 e. The lowest BCUT2D eigenvalue weighted by Gasteiger charge is -2.06. The Morgan fingerprint density at radius 1 is 1.03 bits per heavy atom. The van der Waals surface area contributed by atoms with Crippen LogP contribution in [-0.2, 0) is 9.84 Å². The van der Waals surface area contributed by atoms with Crippen LogP contribution in [0.1, 0.15) is 10.4 Å². The highest BCUT2D eigenvalue weighted by Gasteiger charge is 2.12. The van der Waals surface area contributed by atoms with Gasteiger partial charge in [-0.05, 0) is 48.5 Å². The number of hydrogen-bond acceptors (Lipinski definition) is 6. The van der Waals surface area contributed by atoms with E-state index in [0.717, 1.165) is 0 Å². The summed E-state index contributed by atoms with van der Waals surface area (Å²) in [6.07, 6.45) is 1.17. The number of rotatable bonds is 5. The first-order valence-electron chi connectivity index (χ1n) is 8.58. The number of benzene rings is 2. The van der Waals surface area contributed by atoms with Gasteiger partial charge in [-0.15, -0.1) is 5.10 Å². The van der Waals surface area contributed by atoms with Crippen LogP contribution in [0.5, 0.6) is 0 Å². The molecule has 29 heavy (non-hydrogen) atoms. The molecule has 2 heterocycles. The molecule has 9 heteroatoms. The number of hydrogen-bond donors (Lipinski definition) is 2. The average Bonchev–Trinajstić information content (AvgIpc) is 3.10. The monoisotopic (exact) mass is 408 g/mol. The fourth-order valence-corrected chi connectivity index (χ4v) is 3.55. The highest BCUT2D eigenvalue weighted by atomic mass is 32.2. The molecule has 146 valence electrons. The number of nitrogens with zero attached hydrogens (tertiary/aromatic N) is 3. The third kappa shape index (κ3) is 3.81. The minimum atomic E-state index is -3.33. The van der Waals surface area contributed by atoms with Gasteiger partial charge in [0.15, 0.2) is 15.5 Å². The summed E-state index contributed by atoms with van der Waals surface area (Å²) in [5.74, 6) is -0.664. The van der Waals surface area contributed by atoms with E-state index >= 15 is 0 Å². The molecule has 2 aromatic heterocycles. The van der Waals surface area contributed by atoms with Crippen molar-refractivity contribution in [2.45, 2.75) is 4.90 Å². The van der Waals surface area contributed by atoms with Crippen LogP contribution in [0.25, 0.3) is 16.9 Å². The van der Waals surface area contributed by atoms with E-state index in [2.05, 4.69) is 15.4 Å².